The topological polar surface area (TPSA) is 40.1 Å². The number of benzene rings is 1. The number of carboxylic acid groups (broad SMARTS) is 1. The molecule has 0 unspecified atom stereocenters. The highest BCUT2D eigenvalue weighted by Gasteiger charge is 1.99. The van der Waals surface area contributed by atoms with Crippen molar-refractivity contribution in [3.8, 4) is 0 Å². The molecule has 0 aliphatic rings. The zero-order chi connectivity index (χ0) is 9.84. The molecule has 0 saturated carbocycles. The van der Waals surface area contributed by atoms with Crippen LogP contribution in [0.3, 0.4) is 0 Å². The first kappa shape index (κ1) is 10.5. The molecule has 2 nitrogen and oxygen atoms in total. The number of carbonyl (C=O) groups is 1. The fourth-order valence-electron chi connectivity index (χ4n) is 1.06. The Labute approximate surface area is 87.8 Å². The molecule has 1 aromatic carbocycles. The number of rotatable bonds is 3. The van der Waals surface area contributed by atoms with E-state index in [0.717, 1.165) is 11.1 Å². The molecular weight excluding hydrogens is 204 g/mol. The van der Waals surface area contributed by atoms with Crippen LogP contribution in [-0.4, -0.2) is 5.97 Å². The van der Waals surface area contributed by atoms with Crippen molar-refractivity contribution in [2.24, 2.45) is 0 Å². The van der Waals surface area contributed by atoms with Crippen LogP contribution in [-0.2, 0) is 11.5 Å². The Bertz CT molecular complexity index is 301. The van der Waals surface area contributed by atoms with Crippen molar-refractivity contribution < 1.29 is 9.90 Å². The second kappa shape index (κ2) is 4.58. The fourth-order valence-corrected chi connectivity index (χ4v) is 1.43. The summed E-state index contributed by atoms with van der Waals surface area (Å²) in [5.74, 6) is -0.129. The molecule has 0 radical (unpaired) electrons. The first-order chi connectivity index (χ1) is 6.17. The van der Waals surface area contributed by atoms with E-state index >= 15 is 0 Å². The summed E-state index contributed by atoms with van der Waals surface area (Å²) < 4.78 is 0. The maximum atomic E-state index is 10.6. The van der Waals surface area contributed by atoms with Crippen molar-refractivity contribution >= 4 is 31.2 Å². The smallest absolute Gasteiger partial charge is 0.0715 e. The van der Waals surface area contributed by atoms with Crippen molar-refractivity contribution in [2.75, 3.05) is 0 Å². The van der Waals surface area contributed by atoms with Crippen molar-refractivity contribution in [3.63, 3.8) is 0 Å². The van der Waals surface area contributed by atoms with Crippen LogP contribution in [0.2, 0.25) is 0 Å². The number of hydrogen-bond donors (Lipinski definition) is 2. The lowest BCUT2D eigenvalue weighted by atomic mass is 10.1. The predicted molar refractivity (Wildman–Crippen MR) is 56.2 cm³/mol. The highest BCUT2D eigenvalue weighted by Crippen LogP contribution is 2.13. The third kappa shape index (κ3) is 2.67. The lowest BCUT2D eigenvalue weighted by Gasteiger charge is -2.07. The molecule has 13 heavy (non-hydrogen) atoms. The average molecular weight is 213 g/mol. The second-order valence-electron chi connectivity index (χ2n) is 2.64. The molecule has 0 amide bonds. The van der Waals surface area contributed by atoms with Gasteiger partial charge in [-0.1, -0.05) is 6.07 Å². The van der Waals surface area contributed by atoms with Crippen LogP contribution in [0.15, 0.2) is 18.2 Å². The van der Waals surface area contributed by atoms with Gasteiger partial charge in [0.15, 0.2) is 0 Å². The van der Waals surface area contributed by atoms with E-state index in [9.17, 15) is 9.90 Å². The normalized spacial score (nSPS) is 10.0. The van der Waals surface area contributed by atoms with Gasteiger partial charge >= 0.3 is 0 Å². The zero-order valence-electron chi connectivity index (χ0n) is 6.86. The van der Waals surface area contributed by atoms with Gasteiger partial charge in [0.1, 0.15) is 0 Å². The second-order valence-corrected chi connectivity index (χ2v) is 3.27. The first-order valence-corrected chi connectivity index (χ1v) is 4.99. The van der Waals surface area contributed by atoms with E-state index in [1.54, 1.807) is 12.1 Å². The van der Waals surface area contributed by atoms with E-state index < -0.39 is 5.97 Å². The van der Waals surface area contributed by atoms with Crippen LogP contribution in [0.5, 0.6) is 0 Å². The fraction of sp³-hybridized carbons (Fsp3) is 0.222. The Balaban J connectivity index is 3.14. The molecular formula is C9H9O2S2-. The highest BCUT2D eigenvalue weighted by molar-refractivity contribution is 7.79. The number of hydrogen-bond acceptors (Lipinski definition) is 4. The van der Waals surface area contributed by atoms with Crippen molar-refractivity contribution in [2.45, 2.75) is 11.5 Å². The lowest BCUT2D eigenvalue weighted by molar-refractivity contribution is -0.255. The average Bonchev–Trinajstić information content (AvgIpc) is 2.16. The van der Waals surface area contributed by atoms with Gasteiger partial charge in [0.25, 0.3) is 0 Å². The van der Waals surface area contributed by atoms with Gasteiger partial charge in [-0.15, -0.1) is 0 Å². The third-order valence-electron chi connectivity index (χ3n) is 1.65. The SMILES string of the molecule is O=C([O-])c1cc(CS)cc(CS)c1. The molecule has 1 aromatic rings. The van der Waals surface area contributed by atoms with Crippen molar-refractivity contribution in [3.05, 3.63) is 34.9 Å². The predicted octanol–water partition coefficient (Wildman–Crippen LogP) is 0.910. The summed E-state index contributed by atoms with van der Waals surface area (Å²) in [5.41, 5.74) is 1.93. The Kier molecular flexibility index (Phi) is 3.69. The van der Waals surface area contributed by atoms with Crippen molar-refractivity contribution in [1.82, 2.24) is 0 Å². The molecule has 0 aliphatic heterocycles. The number of carbonyl (C=O) groups excluding carboxylic acids is 1. The van der Waals surface area contributed by atoms with E-state index in [4.69, 9.17) is 0 Å². The Morgan fingerprint density at radius 1 is 1.15 bits per heavy atom. The summed E-state index contributed by atoms with van der Waals surface area (Å²) in [6.45, 7) is 0. The molecule has 0 heterocycles. The highest BCUT2D eigenvalue weighted by atomic mass is 32.1. The standard InChI is InChI=1S/C9H10O2S2/c10-9(11)8-2-6(4-12)1-7(3-8)5-13/h1-3,12-13H,4-5H2,(H,10,11)/p-1. The van der Waals surface area contributed by atoms with Crippen LogP contribution >= 0.6 is 25.3 Å². The maximum Gasteiger partial charge on any atom is 0.0715 e. The molecule has 4 heteroatoms. The van der Waals surface area contributed by atoms with Gasteiger partial charge in [0, 0.05) is 11.5 Å². The van der Waals surface area contributed by atoms with Crippen LogP contribution in [0.1, 0.15) is 21.5 Å². The molecule has 0 fully saturated rings. The van der Waals surface area contributed by atoms with E-state index in [2.05, 4.69) is 25.3 Å². The van der Waals surface area contributed by atoms with E-state index in [1.165, 1.54) is 0 Å². The summed E-state index contributed by atoms with van der Waals surface area (Å²) in [6, 6.07) is 5.01. The zero-order valence-corrected chi connectivity index (χ0v) is 8.65. The molecule has 70 valence electrons. The molecule has 0 aromatic heterocycles. The summed E-state index contributed by atoms with van der Waals surface area (Å²) in [6.07, 6.45) is 0. The van der Waals surface area contributed by atoms with Crippen molar-refractivity contribution in [1.29, 1.82) is 0 Å². The minimum atomic E-state index is -1.16. The van der Waals surface area contributed by atoms with Gasteiger partial charge in [-0.25, -0.2) is 0 Å². The molecule has 0 aliphatic carbocycles. The quantitative estimate of drug-likeness (QED) is 0.733. The molecule has 0 saturated heterocycles. The summed E-state index contributed by atoms with van der Waals surface area (Å²) >= 11 is 8.15. The minimum Gasteiger partial charge on any atom is -0.545 e. The van der Waals surface area contributed by atoms with Crippen LogP contribution in [0.4, 0.5) is 0 Å². The molecule has 0 N–H and O–H groups in total. The molecule has 0 spiro atoms. The molecule has 1 rings (SSSR count). The Hall–Kier alpha value is -0.610. The largest absolute Gasteiger partial charge is 0.545 e. The first-order valence-electron chi connectivity index (χ1n) is 3.73. The van der Waals surface area contributed by atoms with Crippen LogP contribution in [0.25, 0.3) is 0 Å². The number of carboxylic acids is 1. The summed E-state index contributed by atoms with van der Waals surface area (Å²) in [5, 5.41) is 10.6. The van der Waals surface area contributed by atoms with Gasteiger partial charge in [-0.05, 0) is 28.8 Å². The Morgan fingerprint density at radius 3 is 1.92 bits per heavy atom. The van der Waals surface area contributed by atoms with Gasteiger partial charge in [0.2, 0.25) is 0 Å². The third-order valence-corrected chi connectivity index (χ3v) is 2.38. The summed E-state index contributed by atoms with van der Waals surface area (Å²) in [4.78, 5) is 10.6. The maximum absolute atomic E-state index is 10.6. The Morgan fingerprint density at radius 2 is 1.62 bits per heavy atom. The van der Waals surface area contributed by atoms with Crippen LogP contribution in [0, 0.1) is 0 Å². The number of thiol groups is 2. The summed E-state index contributed by atoms with van der Waals surface area (Å²) in [7, 11) is 0. The molecule has 0 atom stereocenters. The molecule has 0 bridgehead atoms. The number of aromatic carboxylic acids is 1. The van der Waals surface area contributed by atoms with Gasteiger partial charge < -0.3 is 9.90 Å². The van der Waals surface area contributed by atoms with E-state index in [1.807, 2.05) is 6.07 Å². The van der Waals surface area contributed by atoms with E-state index in [0.29, 0.717) is 11.5 Å². The van der Waals surface area contributed by atoms with Crippen LogP contribution < -0.4 is 5.11 Å². The van der Waals surface area contributed by atoms with Gasteiger partial charge in [-0.3, -0.25) is 0 Å². The lowest BCUT2D eigenvalue weighted by Crippen LogP contribution is -2.22. The monoisotopic (exact) mass is 213 g/mol. The van der Waals surface area contributed by atoms with Gasteiger partial charge in [-0.2, -0.15) is 25.3 Å². The minimum absolute atomic E-state index is 0.190. The van der Waals surface area contributed by atoms with Gasteiger partial charge in [0.05, 0.1) is 5.97 Å². The van der Waals surface area contributed by atoms with E-state index in [-0.39, 0.29) is 5.56 Å².